The summed E-state index contributed by atoms with van der Waals surface area (Å²) in [5, 5.41) is 0. The third-order valence-corrected chi connectivity index (χ3v) is 1.44. The molecule has 0 amide bonds. The maximum absolute atomic E-state index is 9.78. The minimum atomic E-state index is -0.0334. The van der Waals surface area contributed by atoms with Crippen LogP contribution in [-0.4, -0.2) is 13.3 Å². The van der Waals surface area contributed by atoms with Gasteiger partial charge in [-0.25, -0.2) is 0 Å². The highest BCUT2D eigenvalue weighted by molar-refractivity contribution is 5.37. The first-order valence-electron chi connectivity index (χ1n) is 3.58. The zero-order valence-electron chi connectivity index (χ0n) is 6.82. The van der Waals surface area contributed by atoms with Gasteiger partial charge in [0, 0.05) is 0 Å². The van der Waals surface area contributed by atoms with Crippen molar-refractivity contribution in [1.82, 2.24) is 0 Å². The van der Waals surface area contributed by atoms with E-state index in [1.165, 1.54) is 0 Å². The molecule has 3 nitrogen and oxygen atoms in total. The van der Waals surface area contributed by atoms with Crippen LogP contribution < -0.4 is 4.74 Å². The molecule has 0 aliphatic heterocycles. The fourth-order valence-electron chi connectivity index (χ4n) is 0.844. The molecule has 0 aromatic heterocycles. The van der Waals surface area contributed by atoms with E-state index < -0.39 is 0 Å². The third-order valence-electron chi connectivity index (χ3n) is 1.44. The van der Waals surface area contributed by atoms with Gasteiger partial charge < -0.3 is 9.47 Å². The van der Waals surface area contributed by atoms with Crippen molar-refractivity contribution in [2.45, 2.75) is 6.92 Å². The molecule has 0 fully saturated rings. The number of ether oxygens (including phenoxy) is 2. The predicted octanol–water partition coefficient (Wildman–Crippen LogP) is 1.50. The van der Waals surface area contributed by atoms with Gasteiger partial charge in [0.05, 0.1) is 0 Å². The summed E-state index contributed by atoms with van der Waals surface area (Å²) in [4.78, 5) is 9.78. The zero-order valence-corrected chi connectivity index (χ0v) is 6.82. The fourth-order valence-corrected chi connectivity index (χ4v) is 0.844. The second-order valence-corrected chi connectivity index (χ2v) is 2.29. The highest BCUT2D eigenvalue weighted by atomic mass is 16.7. The van der Waals surface area contributed by atoms with E-state index in [0.717, 1.165) is 11.3 Å². The lowest BCUT2D eigenvalue weighted by Crippen LogP contribution is -2.01. The summed E-state index contributed by atoms with van der Waals surface area (Å²) in [6.45, 7) is 2.25. The Hall–Kier alpha value is -1.51. The first-order valence-corrected chi connectivity index (χ1v) is 3.58. The molecule has 0 aliphatic carbocycles. The Balaban J connectivity index is 2.51. The van der Waals surface area contributed by atoms with E-state index in [9.17, 15) is 4.79 Å². The van der Waals surface area contributed by atoms with Crippen LogP contribution in [0, 0.1) is 6.92 Å². The molecule has 0 saturated heterocycles. The standard InChI is InChI=1S/C9H10O3/c1-8-4-2-3-5-9(8)12-7-11-6-10/h2-6H,7H2,1H3. The molecule has 12 heavy (non-hydrogen) atoms. The monoisotopic (exact) mass is 166 g/mol. The van der Waals surface area contributed by atoms with Crippen molar-refractivity contribution in [3.63, 3.8) is 0 Å². The van der Waals surface area contributed by atoms with Crippen LogP contribution in [0.4, 0.5) is 0 Å². The van der Waals surface area contributed by atoms with Crippen LogP contribution in [0.5, 0.6) is 5.75 Å². The molecule has 3 heteroatoms. The summed E-state index contributed by atoms with van der Waals surface area (Å²) < 4.78 is 9.51. The van der Waals surface area contributed by atoms with Gasteiger partial charge in [-0.2, -0.15) is 0 Å². The van der Waals surface area contributed by atoms with E-state index in [4.69, 9.17) is 4.74 Å². The molecular formula is C9H10O3. The summed E-state index contributed by atoms with van der Waals surface area (Å²) >= 11 is 0. The maximum atomic E-state index is 9.78. The van der Waals surface area contributed by atoms with Crippen LogP contribution in [0.15, 0.2) is 24.3 Å². The van der Waals surface area contributed by atoms with E-state index >= 15 is 0 Å². The number of aryl methyl sites for hydroxylation is 1. The Morgan fingerprint density at radius 1 is 1.42 bits per heavy atom. The summed E-state index contributed by atoms with van der Waals surface area (Å²) in [7, 11) is 0. The third kappa shape index (κ3) is 2.27. The molecule has 1 rings (SSSR count). The molecule has 0 unspecified atom stereocenters. The largest absolute Gasteiger partial charge is 0.457 e. The Morgan fingerprint density at radius 2 is 2.17 bits per heavy atom. The lowest BCUT2D eigenvalue weighted by molar-refractivity contribution is -0.134. The Morgan fingerprint density at radius 3 is 2.83 bits per heavy atom. The van der Waals surface area contributed by atoms with E-state index in [-0.39, 0.29) is 6.79 Å². The molecule has 0 saturated carbocycles. The topological polar surface area (TPSA) is 35.5 Å². The molecule has 0 heterocycles. The molecule has 0 bridgehead atoms. The molecule has 0 N–H and O–H groups in total. The number of carbonyl (C=O) groups is 1. The van der Waals surface area contributed by atoms with Gasteiger partial charge in [-0.15, -0.1) is 0 Å². The predicted molar refractivity (Wildman–Crippen MR) is 43.8 cm³/mol. The highest BCUT2D eigenvalue weighted by Crippen LogP contribution is 2.15. The van der Waals surface area contributed by atoms with Gasteiger partial charge in [-0.05, 0) is 18.6 Å². The fraction of sp³-hybridized carbons (Fsp3) is 0.222. The van der Waals surface area contributed by atoms with Gasteiger partial charge in [-0.3, -0.25) is 4.79 Å². The number of hydrogen-bond acceptors (Lipinski definition) is 3. The molecule has 1 aromatic carbocycles. The Kier molecular flexibility index (Phi) is 3.14. The lowest BCUT2D eigenvalue weighted by atomic mass is 10.2. The Bertz CT molecular complexity index is 258. The molecular weight excluding hydrogens is 156 g/mol. The smallest absolute Gasteiger partial charge is 0.295 e. The van der Waals surface area contributed by atoms with Crippen LogP contribution in [-0.2, 0) is 9.53 Å². The molecule has 1 aromatic rings. The first kappa shape index (κ1) is 8.59. The number of rotatable bonds is 4. The molecule has 0 spiro atoms. The first-order chi connectivity index (χ1) is 5.84. The molecule has 0 atom stereocenters. The average Bonchev–Trinajstić information content (AvgIpc) is 2.09. The van der Waals surface area contributed by atoms with Crippen LogP contribution in [0.3, 0.4) is 0 Å². The van der Waals surface area contributed by atoms with Crippen molar-refractivity contribution in [2.24, 2.45) is 0 Å². The van der Waals surface area contributed by atoms with Crippen molar-refractivity contribution >= 4 is 6.47 Å². The van der Waals surface area contributed by atoms with Gasteiger partial charge in [0.2, 0.25) is 6.79 Å². The van der Waals surface area contributed by atoms with E-state index in [1.807, 2.05) is 31.2 Å². The van der Waals surface area contributed by atoms with Crippen molar-refractivity contribution in [3.05, 3.63) is 29.8 Å². The summed E-state index contributed by atoms with van der Waals surface area (Å²) in [5.41, 5.74) is 1.02. The quantitative estimate of drug-likeness (QED) is 0.386. The van der Waals surface area contributed by atoms with E-state index in [0.29, 0.717) is 6.47 Å². The maximum Gasteiger partial charge on any atom is 0.295 e. The minimum absolute atomic E-state index is 0.0334. The van der Waals surface area contributed by atoms with Crippen molar-refractivity contribution < 1.29 is 14.3 Å². The van der Waals surface area contributed by atoms with Gasteiger partial charge >= 0.3 is 0 Å². The number of para-hydroxylation sites is 1. The second kappa shape index (κ2) is 4.38. The Labute approximate surface area is 70.9 Å². The molecule has 0 aliphatic rings. The summed E-state index contributed by atoms with van der Waals surface area (Å²) in [5.74, 6) is 0.736. The van der Waals surface area contributed by atoms with Crippen molar-refractivity contribution in [3.8, 4) is 5.75 Å². The van der Waals surface area contributed by atoms with Crippen molar-refractivity contribution in [1.29, 1.82) is 0 Å². The summed E-state index contributed by atoms with van der Waals surface area (Å²) in [6, 6.07) is 7.53. The molecule has 64 valence electrons. The SMILES string of the molecule is Cc1ccccc1OCOC=O. The van der Waals surface area contributed by atoms with Crippen LogP contribution in [0.1, 0.15) is 5.56 Å². The lowest BCUT2D eigenvalue weighted by Gasteiger charge is -2.06. The van der Waals surface area contributed by atoms with E-state index in [1.54, 1.807) is 0 Å². The molecule has 0 radical (unpaired) electrons. The van der Waals surface area contributed by atoms with Crippen LogP contribution >= 0.6 is 0 Å². The van der Waals surface area contributed by atoms with Gasteiger partial charge in [0.1, 0.15) is 5.75 Å². The minimum Gasteiger partial charge on any atom is -0.457 e. The summed E-state index contributed by atoms with van der Waals surface area (Å²) in [6.07, 6.45) is 0. The number of hydrogen-bond donors (Lipinski definition) is 0. The normalized spacial score (nSPS) is 9.08. The second-order valence-electron chi connectivity index (χ2n) is 2.29. The van der Waals surface area contributed by atoms with Crippen LogP contribution in [0.2, 0.25) is 0 Å². The van der Waals surface area contributed by atoms with Crippen LogP contribution in [0.25, 0.3) is 0 Å². The van der Waals surface area contributed by atoms with Crippen molar-refractivity contribution in [2.75, 3.05) is 6.79 Å². The highest BCUT2D eigenvalue weighted by Gasteiger charge is 1.95. The number of carbonyl (C=O) groups excluding carboxylic acids is 1. The zero-order chi connectivity index (χ0) is 8.81. The van der Waals surface area contributed by atoms with E-state index in [2.05, 4.69) is 4.74 Å². The van der Waals surface area contributed by atoms with Gasteiger partial charge in [-0.1, -0.05) is 18.2 Å². The van der Waals surface area contributed by atoms with Gasteiger partial charge in [0.15, 0.2) is 0 Å². The number of benzene rings is 1. The average molecular weight is 166 g/mol. The van der Waals surface area contributed by atoms with Gasteiger partial charge in [0.25, 0.3) is 6.47 Å².